The zero-order valence-corrected chi connectivity index (χ0v) is 11.5. The first-order chi connectivity index (χ1) is 9.10. The third-order valence-electron chi connectivity index (χ3n) is 3.79. The van der Waals surface area contributed by atoms with Gasteiger partial charge in [0.1, 0.15) is 0 Å². The van der Waals surface area contributed by atoms with Gasteiger partial charge in [0.15, 0.2) is 11.5 Å². The van der Waals surface area contributed by atoms with Crippen molar-refractivity contribution in [3.05, 3.63) is 23.8 Å². The molecule has 104 valence electrons. The van der Waals surface area contributed by atoms with E-state index in [1.807, 2.05) is 0 Å². The molecule has 1 aliphatic rings. The number of hydrogen-bond donors (Lipinski definition) is 2. The molecule has 0 spiro atoms. The second kappa shape index (κ2) is 5.95. The predicted molar refractivity (Wildman–Crippen MR) is 73.5 cm³/mol. The molecule has 2 N–H and O–H groups in total. The molecule has 0 bridgehead atoms. The Labute approximate surface area is 113 Å². The van der Waals surface area contributed by atoms with Crippen molar-refractivity contribution in [2.24, 2.45) is 5.92 Å². The van der Waals surface area contributed by atoms with E-state index in [-0.39, 0.29) is 17.7 Å². The van der Waals surface area contributed by atoms with Crippen molar-refractivity contribution in [1.82, 2.24) is 5.32 Å². The molecule has 1 aromatic carbocycles. The zero-order chi connectivity index (χ0) is 13.8. The highest BCUT2D eigenvalue weighted by molar-refractivity contribution is 5.95. The molecule has 19 heavy (non-hydrogen) atoms. The minimum atomic E-state index is -0.0992. The lowest BCUT2D eigenvalue weighted by Crippen LogP contribution is -2.37. The second-order valence-electron chi connectivity index (χ2n) is 5.32. The molecule has 4 nitrogen and oxygen atoms in total. The molecule has 0 heterocycles. The summed E-state index contributed by atoms with van der Waals surface area (Å²) in [5.74, 6) is 1.04. The fourth-order valence-electron chi connectivity index (χ4n) is 2.49. The van der Waals surface area contributed by atoms with Crippen LogP contribution in [0.1, 0.15) is 43.0 Å². The number of phenolic OH excluding ortho intramolecular Hbond substituents is 1. The van der Waals surface area contributed by atoms with Crippen LogP contribution in [0.3, 0.4) is 0 Å². The van der Waals surface area contributed by atoms with Crippen molar-refractivity contribution in [3.63, 3.8) is 0 Å². The number of hydrogen-bond acceptors (Lipinski definition) is 3. The summed E-state index contributed by atoms with van der Waals surface area (Å²) in [4.78, 5) is 12.1. The number of methoxy groups -OCH3 is 1. The summed E-state index contributed by atoms with van der Waals surface area (Å²) in [5, 5.41) is 12.6. The topological polar surface area (TPSA) is 58.6 Å². The fraction of sp³-hybridized carbons (Fsp3) is 0.533. The Kier molecular flexibility index (Phi) is 4.30. The van der Waals surface area contributed by atoms with Gasteiger partial charge in [-0.15, -0.1) is 0 Å². The maximum atomic E-state index is 12.1. The van der Waals surface area contributed by atoms with Gasteiger partial charge < -0.3 is 15.2 Å². The van der Waals surface area contributed by atoms with Gasteiger partial charge in [0.05, 0.1) is 7.11 Å². The number of phenols is 1. The van der Waals surface area contributed by atoms with Crippen LogP contribution >= 0.6 is 0 Å². The van der Waals surface area contributed by atoms with Gasteiger partial charge in [-0.1, -0.05) is 6.92 Å². The van der Waals surface area contributed by atoms with Crippen LogP contribution in [-0.4, -0.2) is 24.2 Å². The van der Waals surface area contributed by atoms with Crippen molar-refractivity contribution < 1.29 is 14.6 Å². The molecule has 1 amide bonds. The Morgan fingerprint density at radius 2 is 2.00 bits per heavy atom. The van der Waals surface area contributed by atoms with E-state index in [1.54, 1.807) is 12.1 Å². The van der Waals surface area contributed by atoms with E-state index in [9.17, 15) is 9.90 Å². The van der Waals surface area contributed by atoms with Crippen LogP contribution in [0, 0.1) is 5.92 Å². The summed E-state index contributed by atoms with van der Waals surface area (Å²) in [6, 6.07) is 4.93. The maximum Gasteiger partial charge on any atom is 0.251 e. The molecule has 1 aliphatic carbocycles. The molecule has 2 rings (SSSR count). The number of aromatic hydroxyl groups is 1. The number of carbonyl (C=O) groups is 1. The summed E-state index contributed by atoms with van der Waals surface area (Å²) in [6.45, 7) is 2.25. The van der Waals surface area contributed by atoms with Crippen LogP contribution in [0.25, 0.3) is 0 Å². The minimum absolute atomic E-state index is 0.0468. The Morgan fingerprint density at radius 1 is 1.32 bits per heavy atom. The van der Waals surface area contributed by atoms with Crippen LogP contribution in [0.5, 0.6) is 11.5 Å². The fourth-order valence-corrected chi connectivity index (χ4v) is 2.49. The van der Waals surface area contributed by atoms with Gasteiger partial charge in [0.25, 0.3) is 5.91 Å². The van der Waals surface area contributed by atoms with Gasteiger partial charge in [-0.05, 0) is 49.8 Å². The van der Waals surface area contributed by atoms with Crippen molar-refractivity contribution >= 4 is 5.91 Å². The smallest absolute Gasteiger partial charge is 0.251 e. The van der Waals surface area contributed by atoms with Gasteiger partial charge in [0.2, 0.25) is 0 Å². The molecular formula is C15H21NO3. The molecule has 1 saturated carbocycles. The molecule has 0 aliphatic heterocycles. The van der Waals surface area contributed by atoms with Crippen LogP contribution in [0.4, 0.5) is 0 Å². The lowest BCUT2D eigenvalue weighted by atomic mass is 9.87. The first-order valence-electron chi connectivity index (χ1n) is 6.78. The van der Waals surface area contributed by atoms with Crippen LogP contribution in [0.2, 0.25) is 0 Å². The van der Waals surface area contributed by atoms with Gasteiger partial charge in [0, 0.05) is 11.6 Å². The normalized spacial score (nSPS) is 22.8. The van der Waals surface area contributed by atoms with Gasteiger partial charge in [-0.2, -0.15) is 0 Å². The number of carbonyl (C=O) groups excluding carboxylic acids is 1. The maximum absolute atomic E-state index is 12.1. The summed E-state index contributed by atoms with van der Waals surface area (Å²) in [5.41, 5.74) is 0.522. The number of amides is 1. The molecule has 0 aromatic heterocycles. The molecule has 0 radical (unpaired) electrons. The molecule has 1 aromatic rings. The highest BCUT2D eigenvalue weighted by atomic mass is 16.5. The summed E-state index contributed by atoms with van der Waals surface area (Å²) in [6.07, 6.45) is 4.43. The molecular weight excluding hydrogens is 242 g/mol. The third-order valence-corrected chi connectivity index (χ3v) is 3.79. The first-order valence-corrected chi connectivity index (χ1v) is 6.78. The third kappa shape index (κ3) is 3.40. The molecule has 0 saturated heterocycles. The summed E-state index contributed by atoms with van der Waals surface area (Å²) >= 11 is 0. The number of nitrogens with one attached hydrogen (secondary N) is 1. The largest absolute Gasteiger partial charge is 0.504 e. The Bertz CT molecular complexity index is 451. The Hall–Kier alpha value is -1.71. The Morgan fingerprint density at radius 3 is 2.63 bits per heavy atom. The van der Waals surface area contributed by atoms with Gasteiger partial charge in [-0.25, -0.2) is 0 Å². The van der Waals surface area contributed by atoms with E-state index in [4.69, 9.17) is 4.74 Å². The van der Waals surface area contributed by atoms with Crippen LogP contribution < -0.4 is 10.1 Å². The van der Waals surface area contributed by atoms with Crippen LogP contribution in [0.15, 0.2) is 18.2 Å². The van der Waals surface area contributed by atoms with Crippen molar-refractivity contribution in [2.75, 3.05) is 7.11 Å². The van der Waals surface area contributed by atoms with Crippen molar-refractivity contribution in [3.8, 4) is 11.5 Å². The minimum Gasteiger partial charge on any atom is -0.504 e. The lowest BCUT2D eigenvalue weighted by molar-refractivity contribution is 0.0922. The second-order valence-corrected chi connectivity index (χ2v) is 5.32. The van der Waals surface area contributed by atoms with E-state index in [0.717, 1.165) is 18.8 Å². The molecule has 1 fully saturated rings. The highest BCUT2D eigenvalue weighted by Crippen LogP contribution is 2.27. The first kappa shape index (κ1) is 13.7. The van der Waals surface area contributed by atoms with Crippen LogP contribution in [-0.2, 0) is 0 Å². The number of benzene rings is 1. The highest BCUT2D eigenvalue weighted by Gasteiger charge is 2.20. The average Bonchev–Trinajstić information content (AvgIpc) is 2.42. The monoisotopic (exact) mass is 263 g/mol. The zero-order valence-electron chi connectivity index (χ0n) is 11.5. The van der Waals surface area contributed by atoms with Crippen molar-refractivity contribution in [2.45, 2.75) is 38.6 Å². The quantitative estimate of drug-likeness (QED) is 0.881. The summed E-state index contributed by atoms with van der Waals surface area (Å²) in [7, 11) is 1.47. The average molecular weight is 263 g/mol. The SMILES string of the molecule is COc1cc(C(=O)NC2CCC(C)CC2)ccc1O. The number of ether oxygens (including phenoxy) is 1. The standard InChI is InChI=1S/C15H21NO3/c1-10-3-6-12(7-4-10)16-15(18)11-5-8-13(17)14(9-11)19-2/h5,8-10,12,17H,3-4,6-7H2,1-2H3,(H,16,18). The van der Waals surface area contributed by atoms with Gasteiger partial charge >= 0.3 is 0 Å². The molecule has 0 atom stereocenters. The van der Waals surface area contributed by atoms with E-state index in [0.29, 0.717) is 11.3 Å². The number of rotatable bonds is 3. The lowest BCUT2D eigenvalue weighted by Gasteiger charge is -2.26. The molecule has 0 unspecified atom stereocenters. The van der Waals surface area contributed by atoms with Crippen molar-refractivity contribution in [1.29, 1.82) is 0 Å². The summed E-state index contributed by atoms with van der Waals surface area (Å²) < 4.78 is 5.01. The van der Waals surface area contributed by atoms with E-state index in [2.05, 4.69) is 12.2 Å². The molecule has 4 heteroatoms. The van der Waals surface area contributed by atoms with E-state index in [1.165, 1.54) is 26.0 Å². The predicted octanol–water partition coefficient (Wildman–Crippen LogP) is 2.71. The van der Waals surface area contributed by atoms with E-state index < -0.39 is 0 Å². The van der Waals surface area contributed by atoms with Gasteiger partial charge in [-0.3, -0.25) is 4.79 Å². The Balaban J connectivity index is 2.00. The van der Waals surface area contributed by atoms with E-state index >= 15 is 0 Å².